The Morgan fingerprint density at radius 2 is 2.10 bits per heavy atom. The first-order valence-corrected chi connectivity index (χ1v) is 7.23. The first-order valence-electron chi connectivity index (χ1n) is 7.23. The second-order valence-electron chi connectivity index (χ2n) is 5.34. The Kier molecular flexibility index (Phi) is 3.85. The molecule has 6 nitrogen and oxygen atoms in total. The Labute approximate surface area is 123 Å². The molecule has 0 atom stereocenters. The lowest BCUT2D eigenvalue weighted by Gasteiger charge is -1.99. The zero-order valence-corrected chi connectivity index (χ0v) is 12.3. The number of anilines is 1. The second kappa shape index (κ2) is 5.95. The van der Waals surface area contributed by atoms with E-state index in [1.165, 1.54) is 0 Å². The molecule has 110 valence electrons. The van der Waals surface area contributed by atoms with Gasteiger partial charge in [0.15, 0.2) is 5.82 Å². The summed E-state index contributed by atoms with van der Waals surface area (Å²) in [5.74, 6) is 2.01. The van der Waals surface area contributed by atoms with Crippen LogP contribution in [0.1, 0.15) is 37.8 Å². The minimum atomic E-state index is 0.278. The van der Waals surface area contributed by atoms with Gasteiger partial charge in [0.2, 0.25) is 0 Å². The van der Waals surface area contributed by atoms with Gasteiger partial charge in [-0.1, -0.05) is 31.1 Å². The molecule has 0 unspecified atom stereocenters. The Balaban J connectivity index is 1.49. The van der Waals surface area contributed by atoms with Crippen molar-refractivity contribution in [2.45, 2.75) is 32.6 Å². The number of nitrogens with zero attached hydrogens (tertiary/aromatic N) is 3. The third-order valence-electron chi connectivity index (χ3n) is 3.26. The van der Waals surface area contributed by atoms with Crippen LogP contribution in [-0.4, -0.2) is 26.7 Å². The molecule has 0 aliphatic carbocycles. The van der Waals surface area contributed by atoms with Crippen LogP contribution in [0.2, 0.25) is 0 Å². The summed E-state index contributed by atoms with van der Waals surface area (Å²) in [5.41, 5.74) is 2.10. The molecule has 0 fully saturated rings. The summed E-state index contributed by atoms with van der Waals surface area (Å²) in [4.78, 5) is 12.1. The van der Waals surface area contributed by atoms with E-state index in [0.717, 1.165) is 42.1 Å². The minimum absolute atomic E-state index is 0.278. The topological polar surface area (TPSA) is 79.6 Å². The third-order valence-corrected chi connectivity index (χ3v) is 3.26. The van der Waals surface area contributed by atoms with E-state index in [1.807, 2.05) is 38.1 Å². The van der Waals surface area contributed by atoms with Gasteiger partial charge in [-0.05, 0) is 18.6 Å². The number of aromatic nitrogens is 4. The van der Waals surface area contributed by atoms with Gasteiger partial charge in [-0.25, -0.2) is 4.98 Å². The maximum Gasteiger partial charge on any atom is 0.321 e. The molecule has 0 aliphatic heterocycles. The van der Waals surface area contributed by atoms with Crippen LogP contribution in [0.5, 0.6) is 0 Å². The van der Waals surface area contributed by atoms with Gasteiger partial charge in [0.1, 0.15) is 5.82 Å². The first-order chi connectivity index (χ1) is 10.2. The number of aryl methyl sites for hydroxylation is 1. The number of rotatable bonds is 6. The van der Waals surface area contributed by atoms with Crippen LogP contribution in [0, 0.1) is 0 Å². The van der Waals surface area contributed by atoms with Gasteiger partial charge in [-0.2, -0.15) is 4.98 Å². The molecule has 1 aromatic carbocycles. The molecular weight excluding hydrogens is 266 g/mol. The van der Waals surface area contributed by atoms with Crippen LogP contribution in [0.3, 0.4) is 0 Å². The lowest BCUT2D eigenvalue weighted by Crippen LogP contribution is -2.04. The molecule has 0 aliphatic rings. The number of H-pyrrole nitrogens is 1. The van der Waals surface area contributed by atoms with Gasteiger partial charge >= 0.3 is 6.01 Å². The first kappa shape index (κ1) is 13.6. The fraction of sp³-hybridized carbons (Fsp3) is 0.400. The fourth-order valence-electron chi connectivity index (χ4n) is 2.12. The van der Waals surface area contributed by atoms with E-state index in [4.69, 9.17) is 4.52 Å². The quantitative estimate of drug-likeness (QED) is 0.680. The van der Waals surface area contributed by atoms with E-state index < -0.39 is 0 Å². The van der Waals surface area contributed by atoms with Crippen molar-refractivity contribution < 1.29 is 4.52 Å². The van der Waals surface area contributed by atoms with Crippen LogP contribution in [0.25, 0.3) is 11.0 Å². The van der Waals surface area contributed by atoms with Crippen LogP contribution in [0.4, 0.5) is 6.01 Å². The molecule has 3 rings (SSSR count). The molecule has 6 heteroatoms. The molecule has 0 saturated heterocycles. The fourth-order valence-corrected chi connectivity index (χ4v) is 2.12. The lowest BCUT2D eigenvalue weighted by molar-refractivity contribution is 0.419. The normalized spacial score (nSPS) is 11.4. The number of benzene rings is 1. The molecular formula is C15H19N5O. The van der Waals surface area contributed by atoms with Gasteiger partial charge in [0.25, 0.3) is 0 Å². The maximum absolute atomic E-state index is 5.13. The maximum atomic E-state index is 5.13. The van der Waals surface area contributed by atoms with Gasteiger partial charge in [-0.3, -0.25) is 0 Å². The zero-order chi connectivity index (χ0) is 14.7. The van der Waals surface area contributed by atoms with Gasteiger partial charge in [0.05, 0.1) is 11.0 Å². The summed E-state index contributed by atoms with van der Waals surface area (Å²) in [7, 11) is 0. The van der Waals surface area contributed by atoms with Crippen molar-refractivity contribution in [3.8, 4) is 0 Å². The summed E-state index contributed by atoms with van der Waals surface area (Å²) in [5, 5.41) is 7.06. The van der Waals surface area contributed by atoms with Crippen molar-refractivity contribution in [1.29, 1.82) is 0 Å². The number of hydrogen-bond donors (Lipinski definition) is 2. The predicted octanol–water partition coefficient (Wildman–Crippen LogP) is 3.11. The van der Waals surface area contributed by atoms with E-state index in [0.29, 0.717) is 6.01 Å². The smallest absolute Gasteiger partial charge is 0.321 e. The summed E-state index contributed by atoms with van der Waals surface area (Å²) < 4.78 is 5.13. The second-order valence-corrected chi connectivity index (χ2v) is 5.34. The molecule has 0 radical (unpaired) electrons. The Bertz CT molecular complexity index is 683. The van der Waals surface area contributed by atoms with Crippen molar-refractivity contribution in [3.05, 3.63) is 35.9 Å². The SMILES string of the molecule is CC(C)c1noc(NCCCc2nc3ccccc3[nH]2)n1. The van der Waals surface area contributed by atoms with E-state index in [1.54, 1.807) is 0 Å². The summed E-state index contributed by atoms with van der Waals surface area (Å²) in [6, 6.07) is 8.54. The highest BCUT2D eigenvalue weighted by molar-refractivity contribution is 5.74. The zero-order valence-electron chi connectivity index (χ0n) is 12.3. The van der Waals surface area contributed by atoms with Crippen LogP contribution >= 0.6 is 0 Å². The number of para-hydroxylation sites is 2. The molecule has 2 aromatic heterocycles. The molecule has 0 spiro atoms. The van der Waals surface area contributed by atoms with Crippen LogP contribution < -0.4 is 5.32 Å². The monoisotopic (exact) mass is 285 g/mol. The average molecular weight is 285 g/mol. The van der Waals surface area contributed by atoms with Gasteiger partial charge in [0, 0.05) is 18.9 Å². The highest BCUT2D eigenvalue weighted by atomic mass is 16.5. The molecule has 0 saturated carbocycles. The number of fused-ring (bicyclic) bond motifs is 1. The highest BCUT2D eigenvalue weighted by Gasteiger charge is 2.08. The molecule has 21 heavy (non-hydrogen) atoms. The molecule has 0 amide bonds. The number of nitrogens with one attached hydrogen (secondary N) is 2. The van der Waals surface area contributed by atoms with Crippen molar-refractivity contribution in [2.24, 2.45) is 0 Å². The summed E-state index contributed by atoms with van der Waals surface area (Å²) in [6.07, 6.45) is 1.83. The van der Waals surface area contributed by atoms with E-state index in [-0.39, 0.29) is 5.92 Å². The van der Waals surface area contributed by atoms with E-state index in [2.05, 4.69) is 25.4 Å². The van der Waals surface area contributed by atoms with Gasteiger partial charge in [-0.15, -0.1) is 0 Å². The summed E-state index contributed by atoms with van der Waals surface area (Å²) >= 11 is 0. The number of aromatic amines is 1. The molecule has 3 aromatic rings. The predicted molar refractivity (Wildman–Crippen MR) is 81.3 cm³/mol. The Hall–Kier alpha value is -2.37. The standard InChI is InChI=1S/C15H19N5O/c1-10(2)14-19-15(21-20-14)16-9-5-8-13-17-11-6-3-4-7-12(11)18-13/h3-4,6-7,10H,5,8-9H2,1-2H3,(H,17,18)(H,16,19,20). The van der Waals surface area contributed by atoms with E-state index in [9.17, 15) is 0 Å². The molecule has 0 bridgehead atoms. The minimum Gasteiger partial charge on any atom is -0.342 e. The lowest BCUT2D eigenvalue weighted by atomic mass is 10.2. The largest absolute Gasteiger partial charge is 0.342 e. The van der Waals surface area contributed by atoms with E-state index >= 15 is 0 Å². The Morgan fingerprint density at radius 1 is 1.24 bits per heavy atom. The van der Waals surface area contributed by atoms with Gasteiger partial charge < -0.3 is 14.8 Å². The number of hydrogen-bond acceptors (Lipinski definition) is 5. The van der Waals surface area contributed by atoms with Crippen molar-refractivity contribution in [1.82, 2.24) is 20.1 Å². The highest BCUT2D eigenvalue weighted by Crippen LogP contribution is 2.13. The number of imidazole rings is 1. The van der Waals surface area contributed by atoms with Crippen LogP contribution in [-0.2, 0) is 6.42 Å². The Morgan fingerprint density at radius 3 is 2.86 bits per heavy atom. The molecule has 2 heterocycles. The third kappa shape index (κ3) is 3.21. The van der Waals surface area contributed by atoms with Crippen molar-refractivity contribution in [2.75, 3.05) is 11.9 Å². The summed E-state index contributed by atoms with van der Waals surface area (Å²) in [6.45, 7) is 4.85. The average Bonchev–Trinajstić information content (AvgIpc) is 3.10. The van der Waals surface area contributed by atoms with Crippen molar-refractivity contribution >= 4 is 17.0 Å². The molecule has 2 N–H and O–H groups in total. The van der Waals surface area contributed by atoms with Crippen molar-refractivity contribution in [3.63, 3.8) is 0 Å². The van der Waals surface area contributed by atoms with Crippen LogP contribution in [0.15, 0.2) is 28.8 Å².